The number of carbonyl (C=O) groups is 1. The average molecular weight is 433 g/mol. The molecule has 0 aliphatic carbocycles. The minimum Gasteiger partial charge on any atom is -0.391 e. The summed E-state index contributed by atoms with van der Waals surface area (Å²) in [6.45, 7) is 2.64. The maximum Gasteiger partial charge on any atom is 0.268 e. The van der Waals surface area contributed by atoms with Crippen LogP contribution in [0.15, 0.2) is 36.4 Å². The van der Waals surface area contributed by atoms with Crippen LogP contribution in [0, 0.1) is 6.92 Å². The highest BCUT2D eigenvalue weighted by atomic mass is 35.5. The lowest BCUT2D eigenvalue weighted by molar-refractivity contribution is 0.0928. The van der Waals surface area contributed by atoms with Crippen molar-refractivity contribution in [3.05, 3.63) is 62.7 Å². The Morgan fingerprint density at radius 1 is 1.28 bits per heavy atom. The molecule has 2 aromatic heterocycles. The third-order valence-corrected chi connectivity index (χ3v) is 6.11. The number of hydrogen-bond donors (Lipinski definition) is 3. The lowest BCUT2D eigenvalue weighted by Crippen LogP contribution is -2.31. The van der Waals surface area contributed by atoms with Crippen LogP contribution < -0.4 is 5.32 Å². The average Bonchev–Trinajstić information content (AvgIpc) is 3.32. The molecule has 29 heavy (non-hydrogen) atoms. The first-order valence-electron chi connectivity index (χ1n) is 9.35. The summed E-state index contributed by atoms with van der Waals surface area (Å²) in [5, 5.41) is 14.1. The standard InChI is InChI=1S/C21H25ClN4O2S/c1-13-19(12-27)29-21(23-13)18(10-11-26(2)3)25-20(28)17-9-8-16(24-17)14-4-6-15(22)7-5-14/h4-9,18,24,27H,10-12H2,1-3H3,(H,25,28). The van der Waals surface area contributed by atoms with Crippen molar-refractivity contribution in [2.45, 2.75) is 26.0 Å². The molecule has 2 heterocycles. The molecule has 6 nitrogen and oxygen atoms in total. The topological polar surface area (TPSA) is 81.2 Å². The Bertz CT molecular complexity index is 965. The van der Waals surface area contributed by atoms with Crippen molar-refractivity contribution in [3.63, 3.8) is 0 Å². The van der Waals surface area contributed by atoms with Crippen LogP contribution >= 0.6 is 22.9 Å². The molecule has 8 heteroatoms. The molecular weight excluding hydrogens is 408 g/mol. The summed E-state index contributed by atoms with van der Waals surface area (Å²) < 4.78 is 0. The Morgan fingerprint density at radius 3 is 2.62 bits per heavy atom. The van der Waals surface area contributed by atoms with Gasteiger partial charge in [-0.2, -0.15) is 0 Å². The number of thiazole rings is 1. The molecule has 0 spiro atoms. The van der Waals surface area contributed by atoms with E-state index in [1.54, 1.807) is 6.07 Å². The third kappa shape index (κ3) is 5.45. The molecule has 0 aliphatic heterocycles. The van der Waals surface area contributed by atoms with E-state index in [1.165, 1.54) is 11.3 Å². The van der Waals surface area contributed by atoms with Gasteiger partial charge in [0.05, 0.1) is 23.2 Å². The zero-order valence-corrected chi connectivity index (χ0v) is 18.3. The quantitative estimate of drug-likeness (QED) is 0.502. The first-order chi connectivity index (χ1) is 13.9. The first-order valence-corrected chi connectivity index (χ1v) is 10.5. The number of H-pyrrole nitrogens is 1. The van der Waals surface area contributed by atoms with Gasteiger partial charge in [-0.1, -0.05) is 23.7 Å². The summed E-state index contributed by atoms with van der Waals surface area (Å²) in [5.41, 5.74) is 3.10. The largest absolute Gasteiger partial charge is 0.391 e. The minimum absolute atomic E-state index is 0.0427. The van der Waals surface area contributed by atoms with E-state index >= 15 is 0 Å². The number of rotatable bonds is 8. The molecule has 1 aromatic carbocycles. The number of aromatic amines is 1. The van der Waals surface area contributed by atoms with Crippen LogP contribution in [-0.2, 0) is 6.61 Å². The number of aliphatic hydroxyl groups excluding tert-OH is 1. The number of hydrogen-bond acceptors (Lipinski definition) is 5. The van der Waals surface area contributed by atoms with Gasteiger partial charge < -0.3 is 20.3 Å². The van der Waals surface area contributed by atoms with Crippen molar-refractivity contribution in [1.82, 2.24) is 20.2 Å². The lowest BCUT2D eigenvalue weighted by atomic mass is 10.2. The van der Waals surface area contributed by atoms with Crippen molar-refractivity contribution in [2.75, 3.05) is 20.6 Å². The van der Waals surface area contributed by atoms with Crippen LogP contribution in [-0.4, -0.2) is 46.5 Å². The summed E-state index contributed by atoms with van der Waals surface area (Å²) in [7, 11) is 3.99. The molecule has 0 fully saturated rings. The van der Waals surface area contributed by atoms with Gasteiger partial charge in [0.15, 0.2) is 0 Å². The molecule has 0 radical (unpaired) electrons. The molecule has 0 saturated heterocycles. The fourth-order valence-electron chi connectivity index (χ4n) is 2.95. The van der Waals surface area contributed by atoms with Gasteiger partial charge in [-0.25, -0.2) is 4.98 Å². The first kappa shape index (κ1) is 21.5. The summed E-state index contributed by atoms with van der Waals surface area (Å²) in [6, 6.07) is 10.9. The van der Waals surface area contributed by atoms with Gasteiger partial charge in [-0.15, -0.1) is 11.3 Å². The summed E-state index contributed by atoms with van der Waals surface area (Å²) >= 11 is 7.39. The highest BCUT2D eigenvalue weighted by Gasteiger charge is 2.21. The number of benzene rings is 1. The smallest absolute Gasteiger partial charge is 0.268 e. The maximum atomic E-state index is 12.9. The highest BCUT2D eigenvalue weighted by molar-refractivity contribution is 7.11. The fourth-order valence-corrected chi connectivity index (χ4v) is 4.09. The van der Waals surface area contributed by atoms with E-state index in [0.717, 1.165) is 39.8 Å². The Morgan fingerprint density at radius 2 is 2.00 bits per heavy atom. The van der Waals surface area contributed by atoms with E-state index in [-0.39, 0.29) is 18.6 Å². The van der Waals surface area contributed by atoms with Crippen molar-refractivity contribution in [3.8, 4) is 11.3 Å². The van der Waals surface area contributed by atoms with E-state index in [1.807, 2.05) is 51.4 Å². The van der Waals surface area contributed by atoms with Gasteiger partial charge in [0.1, 0.15) is 10.7 Å². The Hall–Kier alpha value is -2.19. The number of aliphatic hydroxyl groups is 1. The van der Waals surface area contributed by atoms with Crippen molar-refractivity contribution >= 4 is 28.8 Å². The number of aromatic nitrogens is 2. The monoisotopic (exact) mass is 432 g/mol. The van der Waals surface area contributed by atoms with Crippen LogP contribution in [0.5, 0.6) is 0 Å². The molecule has 0 aliphatic rings. The molecule has 154 valence electrons. The summed E-state index contributed by atoms with van der Waals surface area (Å²) in [4.78, 5) is 23.5. The molecule has 0 bridgehead atoms. The number of halogens is 1. The Balaban J connectivity index is 1.77. The second-order valence-electron chi connectivity index (χ2n) is 7.13. The molecule has 3 N–H and O–H groups in total. The lowest BCUT2D eigenvalue weighted by Gasteiger charge is -2.18. The van der Waals surface area contributed by atoms with Crippen LogP contribution in [0.1, 0.15) is 38.5 Å². The van der Waals surface area contributed by atoms with Crippen LogP contribution in [0.2, 0.25) is 5.02 Å². The maximum absolute atomic E-state index is 12.9. The molecule has 3 rings (SSSR count). The van der Waals surface area contributed by atoms with Gasteiger partial charge in [-0.05, 0) is 63.8 Å². The highest BCUT2D eigenvalue weighted by Crippen LogP contribution is 2.27. The van der Waals surface area contributed by atoms with Crippen LogP contribution in [0.25, 0.3) is 11.3 Å². The number of amides is 1. The normalized spacial score (nSPS) is 12.3. The second kappa shape index (κ2) is 9.54. The van der Waals surface area contributed by atoms with Crippen LogP contribution in [0.3, 0.4) is 0 Å². The zero-order chi connectivity index (χ0) is 21.0. The number of nitrogens with zero attached hydrogens (tertiary/aromatic N) is 2. The van der Waals surface area contributed by atoms with E-state index in [0.29, 0.717) is 10.7 Å². The predicted octanol–water partition coefficient (Wildman–Crippen LogP) is 4.02. The molecule has 1 atom stereocenters. The van der Waals surface area contributed by atoms with Gasteiger partial charge in [-0.3, -0.25) is 4.79 Å². The van der Waals surface area contributed by atoms with Gasteiger partial charge in [0.25, 0.3) is 5.91 Å². The summed E-state index contributed by atoms with van der Waals surface area (Å²) in [5.74, 6) is -0.188. The van der Waals surface area contributed by atoms with E-state index in [9.17, 15) is 9.90 Å². The Kier molecular flexibility index (Phi) is 7.08. The van der Waals surface area contributed by atoms with Gasteiger partial charge in [0.2, 0.25) is 0 Å². The van der Waals surface area contributed by atoms with Crippen LogP contribution in [0.4, 0.5) is 0 Å². The number of carbonyl (C=O) groups excluding carboxylic acids is 1. The van der Waals surface area contributed by atoms with E-state index in [2.05, 4.69) is 20.2 Å². The second-order valence-corrected chi connectivity index (χ2v) is 8.68. The third-order valence-electron chi connectivity index (χ3n) is 4.61. The van der Waals surface area contributed by atoms with Crippen molar-refractivity contribution < 1.29 is 9.90 Å². The van der Waals surface area contributed by atoms with Crippen molar-refractivity contribution in [2.24, 2.45) is 0 Å². The predicted molar refractivity (Wildman–Crippen MR) is 117 cm³/mol. The number of aryl methyl sites for hydroxylation is 1. The molecule has 1 amide bonds. The molecular formula is C21H25ClN4O2S. The van der Waals surface area contributed by atoms with E-state index in [4.69, 9.17) is 11.6 Å². The molecule has 3 aromatic rings. The summed E-state index contributed by atoms with van der Waals surface area (Å²) in [6.07, 6.45) is 0.724. The molecule has 0 saturated carbocycles. The number of nitrogens with one attached hydrogen (secondary N) is 2. The SMILES string of the molecule is Cc1nc(C(CCN(C)C)NC(=O)c2ccc(-c3ccc(Cl)cc3)[nH]2)sc1CO. The fraction of sp³-hybridized carbons (Fsp3) is 0.333. The van der Waals surface area contributed by atoms with Gasteiger partial charge >= 0.3 is 0 Å². The van der Waals surface area contributed by atoms with Crippen molar-refractivity contribution in [1.29, 1.82) is 0 Å². The Labute approximate surface area is 179 Å². The van der Waals surface area contributed by atoms with Gasteiger partial charge in [0, 0.05) is 10.7 Å². The zero-order valence-electron chi connectivity index (χ0n) is 16.7. The molecule has 1 unspecified atom stereocenters. The minimum atomic E-state index is -0.226. The van der Waals surface area contributed by atoms with E-state index < -0.39 is 0 Å².